The first-order valence-electron chi connectivity index (χ1n) is 8.82. The van der Waals surface area contributed by atoms with Crippen LogP contribution in [0.15, 0.2) is 46.8 Å². The van der Waals surface area contributed by atoms with Gasteiger partial charge in [0.1, 0.15) is 10.7 Å². The van der Waals surface area contributed by atoms with Crippen LogP contribution < -0.4 is 9.62 Å². The van der Waals surface area contributed by atoms with Crippen LogP contribution in [0.2, 0.25) is 0 Å². The fourth-order valence-corrected chi connectivity index (χ4v) is 6.04. The average Bonchev–Trinajstić information content (AvgIpc) is 3.30. The molecule has 1 aromatic carbocycles. The van der Waals surface area contributed by atoms with Crippen molar-refractivity contribution in [2.45, 2.75) is 38.3 Å². The molecule has 4 rings (SSSR count). The van der Waals surface area contributed by atoms with Gasteiger partial charge < -0.3 is 5.32 Å². The molecule has 1 aromatic heterocycles. The maximum atomic E-state index is 13.5. The van der Waals surface area contributed by atoms with E-state index < -0.39 is 21.6 Å². The number of Topliss-reactive ketones (excluding diaryl/α,β-unsaturated/α-hetero) is 1. The van der Waals surface area contributed by atoms with E-state index in [-0.39, 0.29) is 17.5 Å². The minimum Gasteiger partial charge on any atom is -0.387 e. The zero-order valence-electron chi connectivity index (χ0n) is 14.5. The summed E-state index contributed by atoms with van der Waals surface area (Å²) in [5.74, 6) is -0.914. The van der Waals surface area contributed by atoms with Crippen LogP contribution in [-0.2, 0) is 16.6 Å². The molecule has 5 nitrogen and oxygen atoms in total. The van der Waals surface area contributed by atoms with Gasteiger partial charge in [-0.3, -0.25) is 9.10 Å². The van der Waals surface area contributed by atoms with Gasteiger partial charge in [-0.15, -0.1) is 11.3 Å². The van der Waals surface area contributed by atoms with Crippen LogP contribution in [0.1, 0.15) is 40.9 Å². The number of carbonyl (C=O) groups excluding carboxylic acids is 1. The Morgan fingerprint density at radius 2 is 2.04 bits per heavy atom. The highest BCUT2D eigenvalue weighted by molar-refractivity contribution is 7.97. The number of thiophene rings is 1. The van der Waals surface area contributed by atoms with Gasteiger partial charge in [0.05, 0.1) is 12.2 Å². The number of allylic oxidation sites excluding steroid dienone is 1. The van der Waals surface area contributed by atoms with Gasteiger partial charge in [-0.2, -0.15) is 0 Å². The first-order chi connectivity index (χ1) is 13.0. The Hall–Kier alpha value is -2.19. The number of halogens is 1. The number of nitrogens with zero attached hydrogens (tertiary/aromatic N) is 1. The van der Waals surface area contributed by atoms with Crippen LogP contribution in [0.3, 0.4) is 0 Å². The van der Waals surface area contributed by atoms with Crippen molar-refractivity contribution in [3.05, 3.63) is 63.1 Å². The Kier molecular flexibility index (Phi) is 4.77. The molecule has 0 saturated heterocycles. The third-order valence-corrected chi connectivity index (χ3v) is 7.60. The lowest BCUT2D eigenvalue weighted by atomic mass is 10.2. The molecule has 1 N–H and O–H groups in total. The molecule has 8 heteroatoms. The van der Waals surface area contributed by atoms with Gasteiger partial charge in [-0.1, -0.05) is 25.0 Å². The molecule has 2 aliphatic rings. The molecule has 1 aliphatic heterocycles. The predicted molar refractivity (Wildman–Crippen MR) is 104 cm³/mol. The van der Waals surface area contributed by atoms with E-state index in [1.807, 2.05) is 0 Å². The number of fused-ring (bicyclic) bond motifs is 1. The van der Waals surface area contributed by atoms with Gasteiger partial charge in [0.15, 0.2) is 4.91 Å². The number of benzene rings is 1. The molecule has 0 amide bonds. The van der Waals surface area contributed by atoms with Crippen molar-refractivity contribution in [2.75, 3.05) is 4.31 Å². The minimum atomic E-state index is -4.03. The van der Waals surface area contributed by atoms with Crippen molar-refractivity contribution >= 4 is 32.8 Å². The van der Waals surface area contributed by atoms with E-state index in [9.17, 15) is 17.6 Å². The summed E-state index contributed by atoms with van der Waals surface area (Å²) in [5, 5.41) is 4.81. The second-order valence-electron chi connectivity index (χ2n) is 6.76. The average molecular weight is 407 g/mol. The van der Waals surface area contributed by atoms with Gasteiger partial charge in [0.25, 0.3) is 10.0 Å². The van der Waals surface area contributed by atoms with Crippen molar-refractivity contribution in [3.63, 3.8) is 0 Å². The van der Waals surface area contributed by atoms with Gasteiger partial charge in [-0.25, -0.2) is 12.8 Å². The third kappa shape index (κ3) is 3.39. The van der Waals surface area contributed by atoms with Gasteiger partial charge in [0.2, 0.25) is 5.78 Å². The molecule has 0 spiro atoms. The summed E-state index contributed by atoms with van der Waals surface area (Å²) in [6.07, 6.45) is 5.49. The second-order valence-corrected chi connectivity index (χ2v) is 9.51. The van der Waals surface area contributed by atoms with Crippen LogP contribution >= 0.6 is 11.3 Å². The van der Waals surface area contributed by atoms with Crippen molar-refractivity contribution in [2.24, 2.45) is 0 Å². The van der Waals surface area contributed by atoms with E-state index in [2.05, 4.69) is 5.32 Å². The zero-order valence-corrected chi connectivity index (χ0v) is 16.2. The zero-order chi connectivity index (χ0) is 19.0. The lowest BCUT2D eigenvalue weighted by molar-refractivity contribution is 0.104. The summed E-state index contributed by atoms with van der Waals surface area (Å²) in [4.78, 5) is 12.9. The normalized spacial score (nSPS) is 20.9. The van der Waals surface area contributed by atoms with E-state index >= 15 is 0 Å². The fourth-order valence-electron chi connectivity index (χ4n) is 3.54. The highest BCUT2D eigenvalue weighted by Gasteiger charge is 2.41. The number of hydrogen-bond donors (Lipinski definition) is 1. The number of rotatable bonds is 4. The van der Waals surface area contributed by atoms with Crippen LogP contribution in [0.25, 0.3) is 0 Å². The Balaban J connectivity index is 1.72. The maximum absolute atomic E-state index is 13.5. The molecular weight excluding hydrogens is 387 g/mol. The van der Waals surface area contributed by atoms with E-state index in [4.69, 9.17) is 0 Å². The summed E-state index contributed by atoms with van der Waals surface area (Å²) in [7, 11) is -4.03. The van der Waals surface area contributed by atoms with Gasteiger partial charge >= 0.3 is 0 Å². The molecule has 0 radical (unpaired) electrons. The summed E-state index contributed by atoms with van der Waals surface area (Å²) < 4.78 is 41.1. The Labute approximate surface area is 161 Å². The maximum Gasteiger partial charge on any atom is 0.270 e. The lowest BCUT2D eigenvalue weighted by Crippen LogP contribution is -2.39. The number of sulfonamides is 1. The van der Waals surface area contributed by atoms with Crippen molar-refractivity contribution in [1.82, 2.24) is 5.32 Å². The molecule has 142 valence electrons. The number of hydrogen-bond acceptors (Lipinski definition) is 5. The molecule has 1 saturated carbocycles. The smallest absolute Gasteiger partial charge is 0.270 e. The molecule has 27 heavy (non-hydrogen) atoms. The van der Waals surface area contributed by atoms with E-state index in [1.165, 1.54) is 34.0 Å². The number of anilines is 1. The van der Waals surface area contributed by atoms with Crippen LogP contribution in [0, 0.1) is 5.82 Å². The van der Waals surface area contributed by atoms with Crippen molar-refractivity contribution in [3.8, 4) is 0 Å². The molecule has 2 aromatic rings. The van der Waals surface area contributed by atoms with Crippen LogP contribution in [-0.4, -0.2) is 20.2 Å². The van der Waals surface area contributed by atoms with Crippen LogP contribution in [0.4, 0.5) is 10.1 Å². The third-order valence-electron chi connectivity index (χ3n) is 4.93. The summed E-state index contributed by atoms with van der Waals surface area (Å²) in [6, 6.07) is 7.64. The van der Waals surface area contributed by atoms with Crippen molar-refractivity contribution in [1.29, 1.82) is 0 Å². The number of carbonyl (C=O) groups is 1. The van der Waals surface area contributed by atoms with Gasteiger partial charge in [0, 0.05) is 12.2 Å². The van der Waals surface area contributed by atoms with Crippen molar-refractivity contribution < 1.29 is 17.6 Å². The molecule has 2 heterocycles. The predicted octanol–water partition coefficient (Wildman–Crippen LogP) is 3.79. The second kappa shape index (κ2) is 7.09. The molecule has 0 bridgehead atoms. The summed E-state index contributed by atoms with van der Waals surface area (Å²) in [6.45, 7) is -0.0299. The standard InChI is InChI=1S/C19H19FN2O3S2/c20-14-5-3-4-13(10-14)12-22-16-8-9-26-19(16)18(23)17(27(22,24)25)11-21-15-6-1-2-7-15/h3-5,8-11,15,21H,1-2,6-7,12H2/b17-11-. The highest BCUT2D eigenvalue weighted by atomic mass is 32.2. The summed E-state index contributed by atoms with van der Waals surface area (Å²) in [5.41, 5.74) is 0.875. The Morgan fingerprint density at radius 1 is 1.26 bits per heavy atom. The Bertz CT molecular complexity index is 1010. The minimum absolute atomic E-state index is 0.0299. The molecule has 0 atom stereocenters. The molecular formula is C19H19FN2O3S2. The van der Waals surface area contributed by atoms with E-state index in [1.54, 1.807) is 23.6 Å². The SMILES string of the molecule is O=C1/C(=C/NC2CCCC2)S(=O)(=O)N(Cc2cccc(F)c2)c2ccsc21. The molecule has 0 unspecified atom stereocenters. The number of nitrogens with one attached hydrogen (secondary N) is 1. The van der Waals surface area contributed by atoms with E-state index in [0.29, 0.717) is 16.1 Å². The van der Waals surface area contributed by atoms with Gasteiger partial charge in [-0.05, 0) is 42.0 Å². The highest BCUT2D eigenvalue weighted by Crippen LogP contribution is 2.39. The largest absolute Gasteiger partial charge is 0.387 e. The fraction of sp³-hybridized carbons (Fsp3) is 0.316. The van der Waals surface area contributed by atoms with Crippen LogP contribution in [0.5, 0.6) is 0 Å². The monoisotopic (exact) mass is 406 g/mol. The first-order valence-corrected chi connectivity index (χ1v) is 11.1. The summed E-state index contributed by atoms with van der Waals surface area (Å²) >= 11 is 1.22. The Morgan fingerprint density at radius 3 is 2.78 bits per heavy atom. The molecule has 1 aliphatic carbocycles. The topological polar surface area (TPSA) is 66.5 Å². The lowest BCUT2D eigenvalue weighted by Gasteiger charge is -2.29. The molecule has 1 fully saturated rings. The first kappa shape index (κ1) is 18.2. The quantitative estimate of drug-likeness (QED) is 0.785. The van der Waals surface area contributed by atoms with E-state index in [0.717, 1.165) is 25.7 Å². The number of ketones is 1.